The lowest BCUT2D eigenvalue weighted by molar-refractivity contribution is -0.123. The molecule has 2 amide bonds. The van der Waals surface area contributed by atoms with Crippen LogP contribution >= 0.6 is 0 Å². The van der Waals surface area contributed by atoms with Crippen LogP contribution in [-0.4, -0.2) is 77.8 Å². The number of alkyl carbamates (subject to hydrolysis) is 1. The maximum Gasteiger partial charge on any atom is 0.407 e. The van der Waals surface area contributed by atoms with Crippen LogP contribution in [0.15, 0.2) is 0 Å². The van der Waals surface area contributed by atoms with E-state index in [2.05, 4.69) is 42.5 Å². The first kappa shape index (κ1) is 61.7. The van der Waals surface area contributed by atoms with Crippen LogP contribution in [-0.2, 0) is 19.0 Å². The number of rotatable bonds is 49. The number of ether oxygens (including phenoxy) is 3. The molecule has 0 radical (unpaired) electrons. The predicted octanol–water partition coefficient (Wildman–Crippen LogP) is 13.9. The third-order valence-corrected chi connectivity index (χ3v) is 11.8. The van der Waals surface area contributed by atoms with Gasteiger partial charge in [0.15, 0.2) is 0 Å². The van der Waals surface area contributed by atoms with Gasteiger partial charge in [-0.2, -0.15) is 0 Å². The van der Waals surface area contributed by atoms with E-state index in [-0.39, 0.29) is 18.6 Å². The number of nitrogens with two attached hydrogens (primary N) is 1. The Morgan fingerprint density at radius 2 is 0.820 bits per heavy atom. The molecule has 0 spiro atoms. The summed E-state index contributed by atoms with van der Waals surface area (Å²) in [5.41, 5.74) is 4.50. The Morgan fingerprint density at radius 1 is 0.459 bits per heavy atom. The number of carbonyl (C=O) groups excluding carboxylic acids is 2. The van der Waals surface area contributed by atoms with E-state index in [4.69, 9.17) is 14.2 Å². The van der Waals surface area contributed by atoms with Gasteiger partial charge in [0.05, 0.1) is 6.61 Å². The lowest BCUT2D eigenvalue weighted by Crippen LogP contribution is -2.48. The normalized spacial score (nSPS) is 12.2. The van der Waals surface area contributed by atoms with Crippen molar-refractivity contribution in [1.82, 2.24) is 16.0 Å². The largest absolute Gasteiger partial charge is 0.447 e. The zero-order valence-electron chi connectivity index (χ0n) is 41.7. The summed E-state index contributed by atoms with van der Waals surface area (Å²) in [7, 11) is 3.36. The fourth-order valence-electron chi connectivity index (χ4n) is 7.81. The zero-order chi connectivity index (χ0) is 45.0. The molecule has 9 nitrogen and oxygen atoms in total. The Kier molecular flexibility index (Phi) is 55.3. The van der Waals surface area contributed by atoms with Crippen molar-refractivity contribution in [2.75, 3.05) is 53.6 Å². The Labute approximate surface area is 380 Å². The van der Waals surface area contributed by atoms with Crippen molar-refractivity contribution in [1.29, 1.82) is 0 Å². The summed E-state index contributed by atoms with van der Waals surface area (Å²) >= 11 is 0. The molecule has 61 heavy (non-hydrogen) atoms. The summed E-state index contributed by atoms with van der Waals surface area (Å²) in [5.74, 6) is -0.147. The van der Waals surface area contributed by atoms with E-state index in [9.17, 15) is 9.59 Å². The van der Waals surface area contributed by atoms with E-state index < -0.39 is 12.1 Å². The summed E-state index contributed by atoms with van der Waals surface area (Å²) in [4.78, 5) is 26.1. The van der Waals surface area contributed by atoms with Crippen LogP contribution in [0.5, 0.6) is 0 Å². The third-order valence-electron chi connectivity index (χ3n) is 11.8. The van der Waals surface area contributed by atoms with Crippen LogP contribution in [0.25, 0.3) is 0 Å². The minimum absolute atomic E-state index is 0.113. The Bertz CT molecular complexity index is 851. The summed E-state index contributed by atoms with van der Waals surface area (Å²) in [6, 6.07) is -0.644. The molecule has 0 bridgehead atoms. The number of carbonyl (C=O) groups is 2. The highest BCUT2D eigenvalue weighted by Crippen LogP contribution is 2.15. The van der Waals surface area contributed by atoms with Crippen molar-refractivity contribution in [2.45, 2.75) is 270 Å². The molecular formula is C52H108N4O5. The van der Waals surface area contributed by atoms with Gasteiger partial charge in [0.25, 0.3) is 0 Å². The fourth-order valence-corrected chi connectivity index (χ4v) is 7.81. The van der Waals surface area contributed by atoms with Crippen LogP contribution in [0.1, 0.15) is 258 Å². The highest BCUT2D eigenvalue weighted by atomic mass is 16.6. The molecule has 0 fully saturated rings. The van der Waals surface area contributed by atoms with E-state index in [1.54, 1.807) is 0 Å². The summed E-state index contributed by atoms with van der Waals surface area (Å²) in [6.45, 7) is 9.94. The van der Waals surface area contributed by atoms with Gasteiger partial charge in [-0.15, -0.1) is 0 Å². The van der Waals surface area contributed by atoms with Gasteiger partial charge in [0.2, 0.25) is 5.91 Å². The van der Waals surface area contributed by atoms with Crippen LogP contribution < -0.4 is 21.7 Å². The van der Waals surface area contributed by atoms with Crippen molar-refractivity contribution in [3.05, 3.63) is 0 Å². The number of amides is 2. The van der Waals surface area contributed by atoms with E-state index in [0.717, 1.165) is 32.1 Å². The Hall–Kier alpha value is -1.42. The van der Waals surface area contributed by atoms with Gasteiger partial charge in [0.1, 0.15) is 18.8 Å². The quantitative estimate of drug-likeness (QED) is 0.0449. The van der Waals surface area contributed by atoms with Crippen molar-refractivity contribution < 1.29 is 23.8 Å². The molecule has 0 heterocycles. The van der Waals surface area contributed by atoms with E-state index in [0.29, 0.717) is 39.3 Å². The lowest BCUT2D eigenvalue weighted by Gasteiger charge is -2.21. The summed E-state index contributed by atoms with van der Waals surface area (Å²) in [5, 5.41) is 8.99. The Morgan fingerprint density at radius 3 is 1.21 bits per heavy atom. The highest BCUT2D eigenvalue weighted by molar-refractivity contribution is 5.85. The molecule has 2 atom stereocenters. The predicted molar refractivity (Wildman–Crippen MR) is 264 cm³/mol. The minimum atomic E-state index is -0.644. The van der Waals surface area contributed by atoms with Crippen molar-refractivity contribution in [3.8, 4) is 0 Å². The average molecular weight is 869 g/mol. The molecule has 0 aliphatic rings. The first-order valence-electron chi connectivity index (χ1n) is 26.7. The molecule has 9 heteroatoms. The molecule has 0 saturated heterocycles. The second-order valence-corrected chi connectivity index (χ2v) is 17.7. The number of unbranched alkanes of at least 4 members (excludes halogenated alkanes) is 33. The fraction of sp³-hybridized carbons (Fsp3) is 0.962. The van der Waals surface area contributed by atoms with Crippen LogP contribution in [0, 0.1) is 0 Å². The smallest absolute Gasteiger partial charge is 0.407 e. The molecule has 0 aromatic carbocycles. The molecule has 0 aromatic heterocycles. The SMILES string of the molecule is CCCCCCCCCCCCCCNC(=O)C(CCNC)NC(=O)OCC(COCCCCCCCCCCCCCC)OCCCCCCCCCCCCCC.CN. The molecular weight excluding hydrogens is 761 g/mol. The molecule has 0 saturated carbocycles. The van der Waals surface area contributed by atoms with Gasteiger partial charge in [0, 0.05) is 19.8 Å². The first-order valence-corrected chi connectivity index (χ1v) is 26.7. The molecule has 0 aromatic rings. The van der Waals surface area contributed by atoms with Crippen LogP contribution in [0.4, 0.5) is 4.79 Å². The van der Waals surface area contributed by atoms with Gasteiger partial charge >= 0.3 is 6.09 Å². The Balaban J connectivity index is 0. The van der Waals surface area contributed by atoms with Crippen molar-refractivity contribution in [3.63, 3.8) is 0 Å². The van der Waals surface area contributed by atoms with Crippen LogP contribution in [0.2, 0.25) is 0 Å². The summed E-state index contributed by atoms with van der Waals surface area (Å²) < 4.78 is 18.0. The number of hydrogen-bond donors (Lipinski definition) is 4. The second-order valence-electron chi connectivity index (χ2n) is 17.7. The molecule has 5 N–H and O–H groups in total. The maximum atomic E-state index is 13.1. The third kappa shape index (κ3) is 49.5. The van der Waals surface area contributed by atoms with Crippen molar-refractivity contribution >= 4 is 12.0 Å². The molecule has 366 valence electrons. The number of nitrogens with one attached hydrogen (secondary N) is 3. The van der Waals surface area contributed by atoms with E-state index in [1.165, 1.54) is 206 Å². The molecule has 0 rings (SSSR count). The zero-order valence-corrected chi connectivity index (χ0v) is 41.7. The van der Waals surface area contributed by atoms with Gasteiger partial charge in [-0.05, 0) is 46.3 Å². The number of hydrogen-bond acceptors (Lipinski definition) is 7. The molecule has 0 aliphatic carbocycles. The minimum Gasteiger partial charge on any atom is -0.447 e. The van der Waals surface area contributed by atoms with Gasteiger partial charge in [-0.3, -0.25) is 4.79 Å². The average Bonchev–Trinajstić information content (AvgIpc) is 3.27. The van der Waals surface area contributed by atoms with E-state index in [1.807, 2.05) is 7.05 Å². The first-order chi connectivity index (χ1) is 30.1. The van der Waals surface area contributed by atoms with E-state index >= 15 is 0 Å². The van der Waals surface area contributed by atoms with Gasteiger partial charge in [-0.1, -0.05) is 233 Å². The monoisotopic (exact) mass is 869 g/mol. The van der Waals surface area contributed by atoms with Gasteiger partial charge in [-0.25, -0.2) is 4.79 Å². The lowest BCUT2D eigenvalue weighted by atomic mass is 10.1. The van der Waals surface area contributed by atoms with Gasteiger partial charge < -0.3 is 35.9 Å². The summed E-state index contributed by atoms with van der Waals surface area (Å²) in [6.07, 6.45) is 46.5. The maximum absolute atomic E-state index is 13.1. The van der Waals surface area contributed by atoms with Crippen molar-refractivity contribution in [2.24, 2.45) is 5.73 Å². The molecule has 2 unspecified atom stereocenters. The highest BCUT2D eigenvalue weighted by Gasteiger charge is 2.22. The topological polar surface area (TPSA) is 124 Å². The molecule has 0 aliphatic heterocycles. The second kappa shape index (κ2) is 54.7. The standard InChI is InChI=1S/C51H103N3O5.CH5N/c1-5-8-11-14-17-20-23-26-29-32-35-38-42-53-50(55)49(41-43-52-4)54-51(56)59-47-48(58-45-40-37-34-31-28-25-22-19-16-13-10-7-3)46-57-44-39-36-33-30-27-24-21-18-15-12-9-6-2;1-2/h48-49,52H,5-47H2,1-4H3,(H,53,55)(H,54,56);2H2,1H3. The van der Waals surface area contributed by atoms with Crippen LogP contribution in [0.3, 0.4) is 0 Å².